The third kappa shape index (κ3) is 4.72. The molecule has 5 nitrogen and oxygen atoms in total. The van der Waals surface area contributed by atoms with Gasteiger partial charge in [-0.25, -0.2) is 9.97 Å². The van der Waals surface area contributed by atoms with E-state index in [9.17, 15) is 0 Å². The van der Waals surface area contributed by atoms with E-state index in [-0.39, 0.29) is 0 Å². The Morgan fingerprint density at radius 2 is 1.53 bits per heavy atom. The van der Waals surface area contributed by atoms with E-state index >= 15 is 0 Å². The molecule has 34 heavy (non-hydrogen) atoms. The number of nitrogens with one attached hydrogen (secondary N) is 1. The van der Waals surface area contributed by atoms with Crippen LogP contribution in [0.15, 0.2) is 85.2 Å². The number of benzene rings is 3. The zero-order chi connectivity index (χ0) is 23.3. The molecule has 0 radical (unpaired) electrons. The van der Waals surface area contributed by atoms with Gasteiger partial charge < -0.3 is 14.8 Å². The molecule has 0 spiro atoms. The molecule has 3 aromatic carbocycles. The van der Waals surface area contributed by atoms with Crippen molar-refractivity contribution in [3.05, 3.63) is 95.6 Å². The molecule has 0 amide bonds. The van der Waals surface area contributed by atoms with Crippen LogP contribution < -0.4 is 14.8 Å². The maximum atomic E-state index is 5.91. The quantitative estimate of drug-likeness (QED) is 0.258. The lowest BCUT2D eigenvalue weighted by atomic mass is 10.0. The van der Waals surface area contributed by atoms with E-state index < -0.39 is 0 Å². The fraction of sp³-hybridized carbons (Fsp3) is 0.143. The first-order valence-electron chi connectivity index (χ1n) is 11.2. The van der Waals surface area contributed by atoms with E-state index in [0.29, 0.717) is 13.2 Å². The smallest absolute Gasteiger partial charge is 0.143 e. The first-order chi connectivity index (χ1) is 16.7. The van der Waals surface area contributed by atoms with Crippen LogP contribution in [0.5, 0.6) is 11.5 Å². The van der Waals surface area contributed by atoms with Crippen LogP contribution in [0.1, 0.15) is 17.4 Å². The molecule has 0 saturated carbocycles. The molecule has 0 unspecified atom stereocenters. The van der Waals surface area contributed by atoms with Gasteiger partial charge in [-0.05, 0) is 61.4 Å². The van der Waals surface area contributed by atoms with Gasteiger partial charge in [0.1, 0.15) is 35.1 Å². The van der Waals surface area contributed by atoms with Gasteiger partial charge in [-0.15, -0.1) is 11.3 Å². The standard InChI is InChI=1S/C28H25N3O2S/c1-3-32-23-13-9-21(10-14-23)25-19(2)34-28-26(25)27(29-18-30-28)31-22-11-15-24(16-12-22)33-17-20-7-5-4-6-8-20/h4-16,18H,3,17H2,1-2H3,(H,29,30,31). The minimum atomic E-state index is 0.541. The van der Waals surface area contributed by atoms with Gasteiger partial charge in [0.2, 0.25) is 0 Å². The summed E-state index contributed by atoms with van der Waals surface area (Å²) in [5.41, 5.74) is 4.35. The number of anilines is 2. The average Bonchev–Trinajstić information content (AvgIpc) is 3.22. The second kappa shape index (κ2) is 9.93. The Kier molecular flexibility index (Phi) is 6.40. The summed E-state index contributed by atoms with van der Waals surface area (Å²) in [4.78, 5) is 11.3. The molecular weight excluding hydrogens is 442 g/mol. The van der Waals surface area contributed by atoms with Crippen LogP contribution in [0.2, 0.25) is 0 Å². The molecule has 5 rings (SSSR count). The molecule has 2 aromatic heterocycles. The van der Waals surface area contributed by atoms with Crippen molar-refractivity contribution in [2.45, 2.75) is 20.5 Å². The largest absolute Gasteiger partial charge is 0.494 e. The highest BCUT2D eigenvalue weighted by atomic mass is 32.1. The van der Waals surface area contributed by atoms with Gasteiger partial charge in [0.15, 0.2) is 0 Å². The lowest BCUT2D eigenvalue weighted by Crippen LogP contribution is -1.97. The van der Waals surface area contributed by atoms with E-state index in [1.165, 1.54) is 4.88 Å². The Balaban J connectivity index is 1.39. The fourth-order valence-electron chi connectivity index (χ4n) is 3.88. The fourth-order valence-corrected chi connectivity index (χ4v) is 4.90. The van der Waals surface area contributed by atoms with Crippen molar-refractivity contribution in [2.75, 3.05) is 11.9 Å². The summed E-state index contributed by atoms with van der Waals surface area (Å²) in [7, 11) is 0. The molecule has 0 aliphatic heterocycles. The van der Waals surface area contributed by atoms with E-state index in [0.717, 1.165) is 49.9 Å². The number of hydrogen-bond donors (Lipinski definition) is 1. The van der Waals surface area contributed by atoms with Crippen LogP contribution in [0.3, 0.4) is 0 Å². The Hall–Kier alpha value is -3.90. The summed E-state index contributed by atoms with van der Waals surface area (Å²) >= 11 is 1.68. The van der Waals surface area contributed by atoms with Crippen molar-refractivity contribution in [1.82, 2.24) is 9.97 Å². The first kappa shape index (κ1) is 21.9. The summed E-state index contributed by atoms with van der Waals surface area (Å²) in [6.45, 7) is 5.31. The molecular formula is C28H25N3O2S. The lowest BCUT2D eigenvalue weighted by molar-refractivity contribution is 0.306. The molecule has 5 aromatic rings. The van der Waals surface area contributed by atoms with Gasteiger partial charge >= 0.3 is 0 Å². The summed E-state index contributed by atoms with van der Waals surface area (Å²) in [5, 5.41) is 4.50. The number of ether oxygens (including phenoxy) is 2. The highest BCUT2D eigenvalue weighted by Crippen LogP contribution is 2.41. The molecule has 0 saturated heterocycles. The third-order valence-electron chi connectivity index (χ3n) is 5.48. The van der Waals surface area contributed by atoms with Crippen LogP contribution >= 0.6 is 11.3 Å². The van der Waals surface area contributed by atoms with Crippen molar-refractivity contribution < 1.29 is 9.47 Å². The number of thiophene rings is 1. The number of aromatic nitrogens is 2. The second-order valence-electron chi connectivity index (χ2n) is 7.82. The molecule has 0 atom stereocenters. The molecule has 0 fully saturated rings. The predicted octanol–water partition coefficient (Wildman–Crippen LogP) is 7.39. The van der Waals surface area contributed by atoms with Gasteiger partial charge in [0.25, 0.3) is 0 Å². The van der Waals surface area contributed by atoms with Crippen LogP contribution in [0, 0.1) is 6.92 Å². The number of nitrogens with zero attached hydrogens (tertiary/aromatic N) is 2. The zero-order valence-electron chi connectivity index (χ0n) is 19.1. The number of fused-ring (bicyclic) bond motifs is 1. The zero-order valence-corrected chi connectivity index (χ0v) is 19.9. The van der Waals surface area contributed by atoms with E-state index in [1.807, 2.05) is 61.5 Å². The topological polar surface area (TPSA) is 56.3 Å². The van der Waals surface area contributed by atoms with Gasteiger partial charge in [0.05, 0.1) is 12.0 Å². The third-order valence-corrected chi connectivity index (χ3v) is 6.50. The average molecular weight is 468 g/mol. The van der Waals surface area contributed by atoms with Crippen LogP contribution in [-0.4, -0.2) is 16.6 Å². The van der Waals surface area contributed by atoms with E-state index in [1.54, 1.807) is 17.7 Å². The van der Waals surface area contributed by atoms with Gasteiger partial charge in [-0.2, -0.15) is 0 Å². The van der Waals surface area contributed by atoms with Gasteiger partial charge in [-0.1, -0.05) is 42.5 Å². The number of hydrogen-bond acceptors (Lipinski definition) is 6. The van der Waals surface area contributed by atoms with Crippen LogP contribution in [-0.2, 0) is 6.61 Å². The maximum absolute atomic E-state index is 5.91. The summed E-state index contributed by atoms with van der Waals surface area (Å²) < 4.78 is 11.5. The number of rotatable bonds is 8. The van der Waals surface area contributed by atoms with Crippen LogP contribution in [0.25, 0.3) is 21.3 Å². The van der Waals surface area contributed by atoms with Crippen molar-refractivity contribution >= 4 is 33.1 Å². The monoisotopic (exact) mass is 467 g/mol. The molecule has 6 heteroatoms. The van der Waals surface area contributed by atoms with E-state index in [2.05, 4.69) is 46.5 Å². The molecule has 1 N–H and O–H groups in total. The first-order valence-corrected chi connectivity index (χ1v) is 12.0. The molecule has 2 heterocycles. The highest BCUT2D eigenvalue weighted by molar-refractivity contribution is 7.19. The van der Waals surface area contributed by atoms with Crippen LogP contribution in [0.4, 0.5) is 11.5 Å². The van der Waals surface area contributed by atoms with Gasteiger partial charge in [-0.3, -0.25) is 0 Å². The Labute approximate surface area is 203 Å². The Morgan fingerprint density at radius 1 is 0.824 bits per heavy atom. The normalized spacial score (nSPS) is 10.9. The SMILES string of the molecule is CCOc1ccc(-c2c(C)sc3ncnc(Nc4ccc(OCc5ccccc5)cc4)c23)cc1. The molecule has 0 aliphatic rings. The maximum Gasteiger partial charge on any atom is 0.143 e. The summed E-state index contributed by atoms with van der Waals surface area (Å²) in [5.74, 6) is 2.48. The molecule has 0 aliphatic carbocycles. The van der Waals surface area contributed by atoms with E-state index in [4.69, 9.17) is 9.47 Å². The van der Waals surface area contributed by atoms with Crippen molar-refractivity contribution in [3.8, 4) is 22.6 Å². The molecule has 0 bridgehead atoms. The number of aryl methyl sites for hydroxylation is 1. The minimum Gasteiger partial charge on any atom is -0.494 e. The highest BCUT2D eigenvalue weighted by Gasteiger charge is 2.17. The Morgan fingerprint density at radius 3 is 2.26 bits per heavy atom. The van der Waals surface area contributed by atoms with Crippen molar-refractivity contribution in [3.63, 3.8) is 0 Å². The minimum absolute atomic E-state index is 0.541. The van der Waals surface area contributed by atoms with Gasteiger partial charge in [0, 0.05) is 16.1 Å². The second-order valence-corrected chi connectivity index (χ2v) is 9.02. The summed E-state index contributed by atoms with van der Waals surface area (Å²) in [6.07, 6.45) is 1.61. The summed E-state index contributed by atoms with van der Waals surface area (Å²) in [6, 6.07) is 26.3. The lowest BCUT2D eigenvalue weighted by Gasteiger charge is -2.11. The molecule has 170 valence electrons. The Bertz CT molecular complexity index is 1380. The van der Waals surface area contributed by atoms with Crippen molar-refractivity contribution in [1.29, 1.82) is 0 Å². The van der Waals surface area contributed by atoms with Crippen molar-refractivity contribution in [2.24, 2.45) is 0 Å². The predicted molar refractivity (Wildman–Crippen MR) is 139 cm³/mol.